The normalized spacial score (nSPS) is 11.9. The first-order chi connectivity index (χ1) is 9.54. The zero-order valence-electron chi connectivity index (χ0n) is 11.3. The van der Waals surface area contributed by atoms with Gasteiger partial charge in [0.15, 0.2) is 0 Å². The van der Waals surface area contributed by atoms with Crippen molar-refractivity contribution in [2.75, 3.05) is 24.9 Å². The molecule has 0 radical (unpaired) electrons. The summed E-state index contributed by atoms with van der Waals surface area (Å²) in [6.45, 7) is 0.840. The molecule has 0 amide bonds. The number of benzene rings is 1. The lowest BCUT2D eigenvalue weighted by molar-refractivity contribution is 0.468. The van der Waals surface area contributed by atoms with Crippen LogP contribution in [0.4, 0.5) is 5.69 Å². The summed E-state index contributed by atoms with van der Waals surface area (Å²) in [5, 5.41) is 0.769. The molecule has 3 N–H and O–H groups in total. The number of nitrogens with one attached hydrogen (secondary N) is 1. The van der Waals surface area contributed by atoms with Gasteiger partial charge in [-0.2, -0.15) is 12.7 Å². The lowest BCUT2D eigenvalue weighted by atomic mass is 10.2. The number of anilines is 1. The third kappa shape index (κ3) is 3.24. The number of hydrogen-bond donors (Lipinski definition) is 2. The number of aromatic nitrogens is 1. The molecule has 2 rings (SSSR count). The smallest absolute Gasteiger partial charge is 0.301 e. The molecule has 2 aromatic rings. The zero-order valence-corrected chi connectivity index (χ0v) is 12.1. The second-order valence-electron chi connectivity index (χ2n) is 4.45. The van der Waals surface area contributed by atoms with Crippen LogP contribution in [-0.2, 0) is 10.2 Å². The fraction of sp³-hybridized carbons (Fsp3) is 0.308. The molecular weight excluding hydrogens is 276 g/mol. The quantitative estimate of drug-likeness (QED) is 0.837. The van der Waals surface area contributed by atoms with Crippen molar-refractivity contribution in [3.8, 4) is 0 Å². The summed E-state index contributed by atoms with van der Waals surface area (Å²) in [5.74, 6) is 0. The van der Waals surface area contributed by atoms with Crippen LogP contribution >= 0.6 is 0 Å². The molecule has 0 bridgehead atoms. The summed E-state index contributed by atoms with van der Waals surface area (Å²) in [6.07, 6.45) is 2.29. The average Bonchev–Trinajstić information content (AvgIpc) is 2.44. The van der Waals surface area contributed by atoms with Crippen molar-refractivity contribution in [3.63, 3.8) is 0 Å². The van der Waals surface area contributed by atoms with Crippen molar-refractivity contribution in [2.45, 2.75) is 6.42 Å². The van der Waals surface area contributed by atoms with Gasteiger partial charge in [-0.15, -0.1) is 0 Å². The first-order valence-corrected chi connectivity index (χ1v) is 7.76. The fourth-order valence-corrected chi connectivity index (χ4v) is 2.82. The van der Waals surface area contributed by atoms with Gasteiger partial charge in [-0.3, -0.25) is 9.71 Å². The van der Waals surface area contributed by atoms with Gasteiger partial charge in [0, 0.05) is 25.2 Å². The Morgan fingerprint density at radius 3 is 2.85 bits per heavy atom. The molecular formula is C13H18N4O2S. The van der Waals surface area contributed by atoms with Crippen LogP contribution in [0.15, 0.2) is 36.5 Å². The van der Waals surface area contributed by atoms with Crippen LogP contribution in [0.25, 0.3) is 10.9 Å². The Labute approximate surface area is 118 Å². The Hall–Kier alpha value is -1.70. The maximum atomic E-state index is 12.2. The number of fused-ring (bicyclic) bond motifs is 1. The van der Waals surface area contributed by atoms with Gasteiger partial charge in [0.2, 0.25) is 0 Å². The monoisotopic (exact) mass is 294 g/mol. The molecule has 0 aliphatic rings. The minimum Gasteiger partial charge on any atom is -0.330 e. The number of nitrogens with zero attached hydrogens (tertiary/aromatic N) is 2. The highest BCUT2D eigenvalue weighted by atomic mass is 32.2. The summed E-state index contributed by atoms with van der Waals surface area (Å²) in [5.41, 5.74) is 6.67. The fourth-order valence-electron chi connectivity index (χ4n) is 1.84. The van der Waals surface area contributed by atoms with Crippen molar-refractivity contribution >= 4 is 26.8 Å². The molecule has 0 saturated carbocycles. The van der Waals surface area contributed by atoms with E-state index in [-0.39, 0.29) is 0 Å². The molecule has 108 valence electrons. The Morgan fingerprint density at radius 1 is 1.30 bits per heavy atom. The van der Waals surface area contributed by atoms with Crippen LogP contribution in [0.1, 0.15) is 6.42 Å². The lowest BCUT2D eigenvalue weighted by Crippen LogP contribution is -2.34. The molecule has 0 aliphatic heterocycles. The van der Waals surface area contributed by atoms with Gasteiger partial charge in [0.1, 0.15) is 0 Å². The molecule has 0 spiro atoms. The predicted octanol–water partition coefficient (Wildman–Crippen LogP) is 1.17. The molecule has 0 fully saturated rings. The first kappa shape index (κ1) is 14.7. The van der Waals surface area contributed by atoms with Gasteiger partial charge in [0.05, 0.1) is 11.2 Å². The standard InChI is InChI=1S/C13H18N4O2S/c1-17(10-4-8-14)20(18,19)16-13-7-2-6-12-11(13)5-3-9-15-12/h2-3,5-7,9,16H,4,8,10,14H2,1H3. The van der Waals surface area contributed by atoms with Crippen molar-refractivity contribution in [2.24, 2.45) is 5.73 Å². The summed E-state index contributed by atoms with van der Waals surface area (Å²) >= 11 is 0. The minimum absolute atomic E-state index is 0.384. The molecule has 6 nitrogen and oxygen atoms in total. The Balaban J connectivity index is 2.27. The van der Waals surface area contributed by atoms with E-state index in [0.29, 0.717) is 25.2 Å². The largest absolute Gasteiger partial charge is 0.330 e. The molecule has 7 heteroatoms. The molecule has 1 aromatic carbocycles. The maximum Gasteiger partial charge on any atom is 0.301 e. The molecule has 20 heavy (non-hydrogen) atoms. The third-order valence-corrected chi connectivity index (χ3v) is 4.45. The van der Waals surface area contributed by atoms with E-state index in [1.807, 2.05) is 12.1 Å². The van der Waals surface area contributed by atoms with Crippen LogP contribution in [0.5, 0.6) is 0 Å². The van der Waals surface area contributed by atoms with Crippen LogP contribution in [0.2, 0.25) is 0 Å². The van der Waals surface area contributed by atoms with E-state index in [1.165, 1.54) is 11.4 Å². The van der Waals surface area contributed by atoms with Gasteiger partial charge in [-0.05, 0) is 37.2 Å². The van der Waals surface area contributed by atoms with Crippen molar-refractivity contribution in [1.82, 2.24) is 9.29 Å². The Morgan fingerprint density at radius 2 is 2.10 bits per heavy atom. The number of hydrogen-bond acceptors (Lipinski definition) is 4. The minimum atomic E-state index is -3.58. The second kappa shape index (κ2) is 6.17. The summed E-state index contributed by atoms with van der Waals surface area (Å²) in [6, 6.07) is 8.94. The first-order valence-electron chi connectivity index (χ1n) is 6.32. The molecule has 1 aromatic heterocycles. The van der Waals surface area contributed by atoms with Crippen molar-refractivity contribution < 1.29 is 8.42 Å². The van der Waals surface area contributed by atoms with Gasteiger partial charge in [-0.1, -0.05) is 6.07 Å². The SMILES string of the molecule is CN(CCCN)S(=O)(=O)Nc1cccc2ncccc12. The van der Waals surface area contributed by atoms with Gasteiger partial charge >= 0.3 is 10.2 Å². The van der Waals surface area contributed by atoms with Crippen LogP contribution < -0.4 is 10.5 Å². The highest BCUT2D eigenvalue weighted by Gasteiger charge is 2.17. The average molecular weight is 294 g/mol. The van der Waals surface area contributed by atoms with Crippen molar-refractivity contribution in [1.29, 1.82) is 0 Å². The van der Waals surface area contributed by atoms with Crippen LogP contribution in [0.3, 0.4) is 0 Å². The van der Waals surface area contributed by atoms with E-state index < -0.39 is 10.2 Å². The zero-order chi connectivity index (χ0) is 14.6. The van der Waals surface area contributed by atoms with E-state index in [4.69, 9.17) is 5.73 Å². The molecule has 0 saturated heterocycles. The van der Waals surface area contributed by atoms with Crippen molar-refractivity contribution in [3.05, 3.63) is 36.5 Å². The summed E-state index contributed by atoms with van der Waals surface area (Å²) < 4.78 is 28.3. The third-order valence-electron chi connectivity index (χ3n) is 2.97. The van der Waals surface area contributed by atoms with Gasteiger partial charge < -0.3 is 5.73 Å². The molecule has 1 heterocycles. The predicted molar refractivity (Wildman–Crippen MR) is 80.6 cm³/mol. The highest BCUT2D eigenvalue weighted by molar-refractivity contribution is 7.90. The molecule has 0 unspecified atom stereocenters. The number of nitrogens with two attached hydrogens (primary N) is 1. The van der Waals surface area contributed by atoms with E-state index in [9.17, 15) is 8.42 Å². The Bertz CT molecular complexity index is 682. The van der Waals surface area contributed by atoms with E-state index in [1.54, 1.807) is 24.4 Å². The maximum absolute atomic E-state index is 12.2. The molecule has 0 aliphatic carbocycles. The van der Waals surface area contributed by atoms with Gasteiger partial charge in [-0.25, -0.2) is 0 Å². The lowest BCUT2D eigenvalue weighted by Gasteiger charge is -2.18. The number of pyridine rings is 1. The highest BCUT2D eigenvalue weighted by Crippen LogP contribution is 2.22. The Kier molecular flexibility index (Phi) is 4.53. The van der Waals surface area contributed by atoms with Crippen LogP contribution in [0, 0.1) is 0 Å². The van der Waals surface area contributed by atoms with E-state index >= 15 is 0 Å². The summed E-state index contributed by atoms with van der Waals surface area (Å²) in [4.78, 5) is 4.20. The van der Waals surface area contributed by atoms with Crippen LogP contribution in [-0.4, -0.2) is 37.8 Å². The number of rotatable bonds is 6. The van der Waals surface area contributed by atoms with Gasteiger partial charge in [0.25, 0.3) is 0 Å². The second-order valence-corrected chi connectivity index (χ2v) is 6.22. The van der Waals surface area contributed by atoms with E-state index in [2.05, 4.69) is 9.71 Å². The topological polar surface area (TPSA) is 88.3 Å². The summed E-state index contributed by atoms with van der Waals surface area (Å²) in [7, 11) is -2.05. The molecule has 0 atom stereocenters. The van der Waals surface area contributed by atoms with E-state index in [0.717, 1.165) is 10.9 Å².